The monoisotopic (exact) mass is 285 g/mol. The molecule has 0 spiro atoms. The van der Waals surface area contributed by atoms with Crippen LogP contribution >= 0.6 is 0 Å². The van der Waals surface area contributed by atoms with Crippen molar-refractivity contribution in [2.24, 2.45) is 0 Å². The van der Waals surface area contributed by atoms with E-state index in [9.17, 15) is 4.79 Å². The molecule has 1 atom stereocenters. The lowest BCUT2D eigenvalue weighted by Gasteiger charge is -2.19. The number of anilines is 2. The highest BCUT2D eigenvalue weighted by atomic mass is 16.2. The fraction of sp³-hybridized carbons (Fsp3) is 0.588. The molecule has 1 amide bonds. The molecule has 2 heterocycles. The molecule has 3 aliphatic rings. The van der Waals surface area contributed by atoms with Crippen LogP contribution in [0.25, 0.3) is 0 Å². The third kappa shape index (κ3) is 2.77. The minimum atomic E-state index is 0.257. The predicted molar refractivity (Wildman–Crippen MR) is 84.7 cm³/mol. The summed E-state index contributed by atoms with van der Waals surface area (Å²) < 4.78 is 0. The molecule has 1 saturated carbocycles. The molecule has 4 heteroatoms. The molecule has 1 aliphatic carbocycles. The number of rotatable bonds is 4. The molecule has 0 aromatic heterocycles. The number of nitrogens with zero attached hydrogens (tertiary/aromatic N) is 2. The van der Waals surface area contributed by atoms with Gasteiger partial charge in [-0.05, 0) is 43.9 Å². The first-order chi connectivity index (χ1) is 10.3. The lowest BCUT2D eigenvalue weighted by Crippen LogP contribution is -2.28. The molecule has 0 bridgehead atoms. The summed E-state index contributed by atoms with van der Waals surface area (Å²) in [5.74, 6) is 0.257. The summed E-state index contributed by atoms with van der Waals surface area (Å²) in [6.07, 6.45) is 5.67. The third-order valence-corrected chi connectivity index (χ3v) is 4.88. The maximum absolute atomic E-state index is 11.9. The summed E-state index contributed by atoms with van der Waals surface area (Å²) in [5.41, 5.74) is 2.19. The van der Waals surface area contributed by atoms with E-state index in [-0.39, 0.29) is 5.91 Å². The van der Waals surface area contributed by atoms with Gasteiger partial charge < -0.3 is 10.2 Å². The second kappa shape index (κ2) is 5.34. The van der Waals surface area contributed by atoms with Gasteiger partial charge in [0, 0.05) is 49.5 Å². The minimum absolute atomic E-state index is 0.257. The van der Waals surface area contributed by atoms with Gasteiger partial charge in [-0.2, -0.15) is 0 Å². The van der Waals surface area contributed by atoms with Gasteiger partial charge in [0.2, 0.25) is 5.91 Å². The Kier molecular flexibility index (Phi) is 3.34. The van der Waals surface area contributed by atoms with Crippen molar-refractivity contribution in [2.75, 3.05) is 29.9 Å². The van der Waals surface area contributed by atoms with Crippen LogP contribution in [0.5, 0.6) is 0 Å². The maximum atomic E-state index is 11.9. The van der Waals surface area contributed by atoms with Crippen molar-refractivity contribution in [3.8, 4) is 0 Å². The normalized spacial score (nSPS) is 26.6. The highest BCUT2D eigenvalue weighted by Crippen LogP contribution is 2.31. The van der Waals surface area contributed by atoms with Crippen LogP contribution in [-0.4, -0.2) is 42.5 Å². The van der Waals surface area contributed by atoms with Gasteiger partial charge in [0.1, 0.15) is 0 Å². The van der Waals surface area contributed by atoms with Crippen LogP contribution in [-0.2, 0) is 4.79 Å². The van der Waals surface area contributed by atoms with Crippen LogP contribution < -0.4 is 10.2 Å². The number of amides is 1. The van der Waals surface area contributed by atoms with Crippen molar-refractivity contribution in [1.29, 1.82) is 0 Å². The number of nitrogens with one attached hydrogen (secondary N) is 1. The number of carbonyl (C=O) groups excluding carboxylic acids is 1. The van der Waals surface area contributed by atoms with Crippen LogP contribution in [0, 0.1) is 0 Å². The molecule has 1 aromatic carbocycles. The number of likely N-dealkylation sites (tertiary alicyclic amines) is 1. The number of hydrogen-bond donors (Lipinski definition) is 1. The van der Waals surface area contributed by atoms with Gasteiger partial charge in [-0.15, -0.1) is 0 Å². The molecule has 3 fully saturated rings. The smallest absolute Gasteiger partial charge is 0.227 e. The maximum Gasteiger partial charge on any atom is 0.227 e. The lowest BCUT2D eigenvalue weighted by atomic mass is 10.2. The zero-order valence-corrected chi connectivity index (χ0v) is 12.4. The number of carbonyl (C=O) groups is 1. The van der Waals surface area contributed by atoms with Crippen LogP contribution in [0.2, 0.25) is 0 Å². The Morgan fingerprint density at radius 3 is 2.81 bits per heavy atom. The molecule has 1 aromatic rings. The van der Waals surface area contributed by atoms with Gasteiger partial charge in [-0.3, -0.25) is 9.69 Å². The summed E-state index contributed by atoms with van der Waals surface area (Å²) in [7, 11) is 0. The second-order valence-corrected chi connectivity index (χ2v) is 6.56. The average Bonchev–Trinajstić information content (AvgIpc) is 3.09. The Hall–Kier alpha value is -1.55. The Morgan fingerprint density at radius 2 is 2.05 bits per heavy atom. The Morgan fingerprint density at radius 1 is 1.14 bits per heavy atom. The topological polar surface area (TPSA) is 35.6 Å². The average molecular weight is 285 g/mol. The highest BCUT2D eigenvalue weighted by molar-refractivity contribution is 5.95. The lowest BCUT2D eigenvalue weighted by molar-refractivity contribution is -0.117. The van der Waals surface area contributed by atoms with E-state index in [0.29, 0.717) is 12.5 Å². The van der Waals surface area contributed by atoms with Gasteiger partial charge in [0.25, 0.3) is 0 Å². The van der Waals surface area contributed by atoms with E-state index in [1.807, 2.05) is 11.0 Å². The minimum Gasteiger partial charge on any atom is -0.381 e. The highest BCUT2D eigenvalue weighted by Gasteiger charge is 2.34. The molecule has 2 saturated heterocycles. The molecule has 2 aliphatic heterocycles. The molecule has 1 unspecified atom stereocenters. The van der Waals surface area contributed by atoms with E-state index < -0.39 is 0 Å². The summed E-state index contributed by atoms with van der Waals surface area (Å²) in [6, 6.07) is 9.75. The Balaban J connectivity index is 1.42. The predicted octanol–water partition coefficient (Wildman–Crippen LogP) is 2.46. The van der Waals surface area contributed by atoms with Gasteiger partial charge >= 0.3 is 0 Å². The zero-order chi connectivity index (χ0) is 14.2. The van der Waals surface area contributed by atoms with E-state index >= 15 is 0 Å². The molecule has 4 rings (SSSR count). The van der Waals surface area contributed by atoms with Gasteiger partial charge in [0.05, 0.1) is 0 Å². The number of benzene rings is 1. The SMILES string of the molecule is O=C1CCCN1c1cccc(NC2CCN(C3CC3)C2)c1. The van der Waals surface area contributed by atoms with Crippen molar-refractivity contribution in [2.45, 2.75) is 44.2 Å². The van der Waals surface area contributed by atoms with Crippen molar-refractivity contribution in [3.63, 3.8) is 0 Å². The molecule has 0 radical (unpaired) electrons. The standard InChI is InChI=1S/C17H23N3O/c21-17-5-2-9-20(17)16-4-1-3-13(11-16)18-14-8-10-19(12-14)15-6-7-15/h1,3-4,11,14-15,18H,2,5-10,12H2. The molecule has 21 heavy (non-hydrogen) atoms. The zero-order valence-electron chi connectivity index (χ0n) is 12.4. The van der Waals surface area contributed by atoms with Gasteiger partial charge in [-0.25, -0.2) is 0 Å². The molecule has 112 valence electrons. The van der Waals surface area contributed by atoms with Crippen molar-refractivity contribution in [3.05, 3.63) is 24.3 Å². The Bertz CT molecular complexity index is 541. The first-order valence-corrected chi connectivity index (χ1v) is 8.20. The molecule has 4 nitrogen and oxygen atoms in total. The second-order valence-electron chi connectivity index (χ2n) is 6.56. The summed E-state index contributed by atoms with van der Waals surface area (Å²) in [4.78, 5) is 16.4. The quantitative estimate of drug-likeness (QED) is 0.923. The largest absolute Gasteiger partial charge is 0.381 e. The van der Waals surface area contributed by atoms with Gasteiger partial charge in [-0.1, -0.05) is 6.07 Å². The van der Waals surface area contributed by atoms with Crippen LogP contribution in [0.15, 0.2) is 24.3 Å². The fourth-order valence-corrected chi connectivity index (χ4v) is 3.60. The first kappa shape index (κ1) is 13.1. The van der Waals surface area contributed by atoms with E-state index in [4.69, 9.17) is 0 Å². The van der Waals surface area contributed by atoms with Crippen LogP contribution in [0.4, 0.5) is 11.4 Å². The van der Waals surface area contributed by atoms with Gasteiger partial charge in [0.15, 0.2) is 0 Å². The van der Waals surface area contributed by atoms with E-state index in [1.165, 1.54) is 25.8 Å². The molecular formula is C17H23N3O. The molecule has 1 N–H and O–H groups in total. The van der Waals surface area contributed by atoms with Crippen molar-refractivity contribution < 1.29 is 4.79 Å². The Labute approximate surface area is 126 Å². The fourth-order valence-electron chi connectivity index (χ4n) is 3.60. The summed E-state index contributed by atoms with van der Waals surface area (Å²) >= 11 is 0. The molecular weight excluding hydrogens is 262 g/mol. The van der Waals surface area contributed by atoms with E-state index in [1.54, 1.807) is 0 Å². The third-order valence-electron chi connectivity index (χ3n) is 4.88. The van der Waals surface area contributed by atoms with E-state index in [0.717, 1.165) is 36.9 Å². The summed E-state index contributed by atoms with van der Waals surface area (Å²) in [5, 5.41) is 3.65. The van der Waals surface area contributed by atoms with Crippen molar-refractivity contribution in [1.82, 2.24) is 4.90 Å². The van der Waals surface area contributed by atoms with Crippen LogP contribution in [0.3, 0.4) is 0 Å². The van der Waals surface area contributed by atoms with E-state index in [2.05, 4.69) is 28.4 Å². The first-order valence-electron chi connectivity index (χ1n) is 8.20. The summed E-state index contributed by atoms with van der Waals surface area (Å²) in [6.45, 7) is 3.26. The number of hydrogen-bond acceptors (Lipinski definition) is 3. The van der Waals surface area contributed by atoms with Crippen molar-refractivity contribution >= 4 is 17.3 Å². The van der Waals surface area contributed by atoms with Crippen LogP contribution in [0.1, 0.15) is 32.1 Å².